The highest BCUT2D eigenvalue weighted by atomic mass is 35.5. The number of halogens is 1. The van der Waals surface area contributed by atoms with Crippen LogP contribution in [-0.4, -0.2) is 37.4 Å². The third-order valence-corrected chi connectivity index (χ3v) is 4.02. The lowest BCUT2D eigenvalue weighted by molar-refractivity contribution is -0.117. The standard InChI is InChI=1S/C19H22ClN3O2/c1-13-4-9-17(16(20)10-13)22-18(24)12-23(3)11-14-5-7-15(8-6-14)19(25)21-2/h4-10H,11-12H2,1-3H3,(H,21,25)(H,22,24). The van der Waals surface area contributed by atoms with Crippen LogP contribution in [0.15, 0.2) is 42.5 Å². The normalized spacial score (nSPS) is 10.6. The quantitative estimate of drug-likeness (QED) is 0.833. The van der Waals surface area contributed by atoms with E-state index >= 15 is 0 Å². The molecule has 5 nitrogen and oxygen atoms in total. The minimum absolute atomic E-state index is 0.116. The summed E-state index contributed by atoms with van der Waals surface area (Å²) in [6.45, 7) is 2.78. The van der Waals surface area contributed by atoms with Crippen molar-refractivity contribution in [1.82, 2.24) is 10.2 Å². The van der Waals surface area contributed by atoms with Gasteiger partial charge in [0.15, 0.2) is 0 Å². The van der Waals surface area contributed by atoms with Crippen LogP contribution in [0.25, 0.3) is 0 Å². The van der Waals surface area contributed by atoms with Gasteiger partial charge in [-0.1, -0.05) is 29.8 Å². The molecule has 0 aliphatic heterocycles. The molecule has 0 saturated heterocycles. The molecule has 0 bridgehead atoms. The second kappa shape index (κ2) is 8.65. The summed E-state index contributed by atoms with van der Waals surface area (Å²) in [4.78, 5) is 25.6. The van der Waals surface area contributed by atoms with E-state index in [-0.39, 0.29) is 18.4 Å². The lowest BCUT2D eigenvalue weighted by Crippen LogP contribution is -2.30. The van der Waals surface area contributed by atoms with Gasteiger partial charge in [0.1, 0.15) is 0 Å². The van der Waals surface area contributed by atoms with Crippen molar-refractivity contribution in [2.75, 3.05) is 26.0 Å². The molecule has 2 aromatic rings. The molecule has 0 unspecified atom stereocenters. The summed E-state index contributed by atoms with van der Waals surface area (Å²) in [5.41, 5.74) is 3.29. The average Bonchev–Trinajstić information content (AvgIpc) is 2.57. The highest BCUT2D eigenvalue weighted by Crippen LogP contribution is 2.22. The minimum Gasteiger partial charge on any atom is -0.355 e. The van der Waals surface area contributed by atoms with Crippen LogP contribution in [0.5, 0.6) is 0 Å². The number of aryl methyl sites for hydroxylation is 1. The van der Waals surface area contributed by atoms with E-state index in [4.69, 9.17) is 11.6 Å². The lowest BCUT2D eigenvalue weighted by atomic mass is 10.1. The predicted molar refractivity (Wildman–Crippen MR) is 101 cm³/mol. The molecule has 2 amide bonds. The Balaban J connectivity index is 1.89. The molecule has 0 atom stereocenters. The molecule has 2 N–H and O–H groups in total. The zero-order valence-corrected chi connectivity index (χ0v) is 15.4. The lowest BCUT2D eigenvalue weighted by Gasteiger charge is -2.17. The van der Waals surface area contributed by atoms with Crippen molar-refractivity contribution in [3.05, 3.63) is 64.2 Å². The number of benzene rings is 2. The van der Waals surface area contributed by atoms with E-state index < -0.39 is 0 Å². The smallest absolute Gasteiger partial charge is 0.251 e. The van der Waals surface area contributed by atoms with Gasteiger partial charge in [-0.05, 0) is 49.4 Å². The van der Waals surface area contributed by atoms with Crippen LogP contribution in [0.2, 0.25) is 5.02 Å². The van der Waals surface area contributed by atoms with Crippen molar-refractivity contribution in [2.45, 2.75) is 13.5 Å². The Kier molecular flexibility index (Phi) is 6.56. The first kappa shape index (κ1) is 19.0. The Morgan fingerprint density at radius 3 is 2.40 bits per heavy atom. The third kappa shape index (κ3) is 5.59. The second-order valence-corrected chi connectivity index (χ2v) is 6.39. The van der Waals surface area contributed by atoms with Gasteiger partial charge in [0.2, 0.25) is 5.91 Å². The fraction of sp³-hybridized carbons (Fsp3) is 0.263. The van der Waals surface area contributed by atoms with E-state index in [0.29, 0.717) is 22.8 Å². The summed E-state index contributed by atoms with van der Waals surface area (Å²) in [6, 6.07) is 12.8. The number of anilines is 1. The van der Waals surface area contributed by atoms with Crippen molar-refractivity contribution in [3.63, 3.8) is 0 Å². The zero-order chi connectivity index (χ0) is 18.4. The Morgan fingerprint density at radius 2 is 1.80 bits per heavy atom. The molecule has 0 saturated carbocycles. The number of nitrogens with one attached hydrogen (secondary N) is 2. The maximum Gasteiger partial charge on any atom is 0.251 e. The molecular formula is C19H22ClN3O2. The number of amides is 2. The molecule has 0 heterocycles. The molecule has 2 rings (SSSR count). The summed E-state index contributed by atoms with van der Waals surface area (Å²) in [5.74, 6) is -0.246. The van der Waals surface area contributed by atoms with Crippen molar-refractivity contribution in [1.29, 1.82) is 0 Å². The number of hydrogen-bond acceptors (Lipinski definition) is 3. The highest BCUT2D eigenvalue weighted by molar-refractivity contribution is 6.33. The van der Waals surface area contributed by atoms with Crippen LogP contribution < -0.4 is 10.6 Å². The summed E-state index contributed by atoms with van der Waals surface area (Å²) in [6.07, 6.45) is 0. The number of carbonyl (C=O) groups is 2. The number of rotatable bonds is 6. The summed E-state index contributed by atoms with van der Waals surface area (Å²) in [5, 5.41) is 5.93. The van der Waals surface area contributed by atoms with E-state index in [9.17, 15) is 9.59 Å². The first-order valence-electron chi connectivity index (χ1n) is 7.94. The maximum atomic E-state index is 12.2. The van der Waals surface area contributed by atoms with Crippen molar-refractivity contribution >= 4 is 29.1 Å². The van der Waals surface area contributed by atoms with Crippen LogP contribution in [-0.2, 0) is 11.3 Å². The molecule has 0 aromatic heterocycles. The van der Waals surface area contributed by atoms with Crippen LogP contribution in [0.4, 0.5) is 5.69 Å². The number of carbonyl (C=O) groups excluding carboxylic acids is 2. The molecule has 25 heavy (non-hydrogen) atoms. The molecule has 0 spiro atoms. The monoisotopic (exact) mass is 359 g/mol. The van der Waals surface area contributed by atoms with Crippen LogP contribution in [0.3, 0.4) is 0 Å². The largest absolute Gasteiger partial charge is 0.355 e. The topological polar surface area (TPSA) is 61.4 Å². The molecular weight excluding hydrogens is 338 g/mol. The maximum absolute atomic E-state index is 12.2. The molecule has 6 heteroatoms. The van der Waals surface area contributed by atoms with E-state index in [2.05, 4.69) is 10.6 Å². The number of nitrogens with zero attached hydrogens (tertiary/aromatic N) is 1. The van der Waals surface area contributed by atoms with Gasteiger partial charge in [0.05, 0.1) is 17.3 Å². The Bertz CT molecular complexity index is 760. The van der Waals surface area contributed by atoms with E-state index in [1.807, 2.05) is 43.1 Å². The molecule has 132 valence electrons. The van der Waals surface area contributed by atoms with E-state index in [1.54, 1.807) is 25.2 Å². The molecule has 0 aliphatic carbocycles. The van der Waals surface area contributed by atoms with Crippen molar-refractivity contribution in [3.8, 4) is 0 Å². The third-order valence-electron chi connectivity index (χ3n) is 3.71. The first-order chi connectivity index (χ1) is 11.9. The highest BCUT2D eigenvalue weighted by Gasteiger charge is 2.10. The van der Waals surface area contributed by atoms with Gasteiger partial charge in [0.25, 0.3) is 5.91 Å². The minimum atomic E-state index is -0.129. The van der Waals surface area contributed by atoms with Crippen molar-refractivity contribution in [2.24, 2.45) is 0 Å². The molecule has 0 aliphatic rings. The SMILES string of the molecule is CNC(=O)c1ccc(CN(C)CC(=O)Nc2ccc(C)cc2Cl)cc1. The summed E-state index contributed by atoms with van der Waals surface area (Å²) < 4.78 is 0. The summed E-state index contributed by atoms with van der Waals surface area (Å²) in [7, 11) is 3.46. The van der Waals surface area contributed by atoms with Crippen LogP contribution in [0.1, 0.15) is 21.5 Å². The molecule has 0 radical (unpaired) electrons. The van der Waals surface area contributed by atoms with Gasteiger partial charge in [-0.2, -0.15) is 0 Å². The van der Waals surface area contributed by atoms with Crippen LogP contribution >= 0.6 is 11.6 Å². The van der Waals surface area contributed by atoms with Gasteiger partial charge >= 0.3 is 0 Å². The van der Waals surface area contributed by atoms with Gasteiger partial charge in [-0.3, -0.25) is 14.5 Å². The van der Waals surface area contributed by atoms with Gasteiger partial charge in [-0.15, -0.1) is 0 Å². The second-order valence-electron chi connectivity index (χ2n) is 5.98. The zero-order valence-electron chi connectivity index (χ0n) is 14.6. The molecule has 2 aromatic carbocycles. The Labute approximate surface area is 153 Å². The van der Waals surface area contributed by atoms with E-state index in [0.717, 1.165) is 11.1 Å². The number of likely N-dealkylation sites (N-methyl/N-ethyl adjacent to an activating group) is 1. The van der Waals surface area contributed by atoms with Gasteiger partial charge in [-0.25, -0.2) is 0 Å². The average molecular weight is 360 g/mol. The number of hydrogen-bond donors (Lipinski definition) is 2. The molecule has 0 fully saturated rings. The summed E-state index contributed by atoms with van der Waals surface area (Å²) >= 11 is 6.13. The fourth-order valence-corrected chi connectivity index (χ4v) is 2.71. The van der Waals surface area contributed by atoms with Gasteiger partial charge in [0, 0.05) is 19.2 Å². The Morgan fingerprint density at radius 1 is 1.12 bits per heavy atom. The Hall–Kier alpha value is -2.37. The predicted octanol–water partition coefficient (Wildman–Crippen LogP) is 3.08. The first-order valence-corrected chi connectivity index (χ1v) is 8.32. The van der Waals surface area contributed by atoms with Crippen LogP contribution in [0, 0.1) is 6.92 Å². The fourth-order valence-electron chi connectivity index (χ4n) is 2.43. The van der Waals surface area contributed by atoms with Crippen molar-refractivity contribution < 1.29 is 9.59 Å². The van der Waals surface area contributed by atoms with E-state index in [1.165, 1.54) is 0 Å². The van der Waals surface area contributed by atoms with Gasteiger partial charge < -0.3 is 10.6 Å².